The monoisotopic (exact) mass is 400 g/mol. The number of nitrogens with zero attached hydrogens (tertiary/aromatic N) is 1. The van der Waals surface area contributed by atoms with Crippen molar-refractivity contribution in [3.8, 4) is 0 Å². The zero-order chi connectivity index (χ0) is 20.9. The Morgan fingerprint density at radius 3 is 2.36 bits per heavy atom. The maximum absolute atomic E-state index is 13.1. The van der Waals surface area contributed by atoms with Crippen molar-refractivity contribution in [1.82, 2.24) is 9.88 Å². The van der Waals surface area contributed by atoms with Crippen LogP contribution in [-0.2, 0) is 27.0 Å². The van der Waals surface area contributed by atoms with Gasteiger partial charge in [0.1, 0.15) is 12.4 Å². The van der Waals surface area contributed by atoms with Gasteiger partial charge in [-0.2, -0.15) is 13.2 Å². The van der Waals surface area contributed by atoms with Crippen LogP contribution in [0.25, 0.3) is 0 Å². The molecule has 0 saturated carbocycles. The Bertz CT molecular complexity index is 907. The number of aromatic nitrogens is 1. The molecule has 2 rings (SSSR count). The highest BCUT2D eigenvalue weighted by Gasteiger charge is 2.31. The number of carbonyl (C=O) groups excluding carboxylic acids is 2. The van der Waals surface area contributed by atoms with Crippen LogP contribution in [0.4, 0.5) is 17.6 Å². The van der Waals surface area contributed by atoms with E-state index in [2.05, 4.69) is 10.1 Å². The Hall–Kier alpha value is -3.17. The zero-order valence-corrected chi connectivity index (χ0v) is 14.6. The maximum atomic E-state index is 13.1. The highest BCUT2D eigenvalue weighted by atomic mass is 19.4. The van der Waals surface area contributed by atoms with Crippen LogP contribution in [0.5, 0.6) is 0 Å². The molecule has 0 aliphatic heterocycles. The van der Waals surface area contributed by atoms with Crippen LogP contribution in [0, 0.1) is 5.82 Å². The highest BCUT2D eigenvalue weighted by molar-refractivity contribution is 5.78. The van der Waals surface area contributed by atoms with E-state index in [0.29, 0.717) is 28.5 Å². The van der Waals surface area contributed by atoms with E-state index in [9.17, 15) is 31.9 Å². The minimum atomic E-state index is -4.67. The largest absolute Gasteiger partial charge is 0.469 e. The number of carbonyl (C=O) groups is 2. The van der Waals surface area contributed by atoms with Gasteiger partial charge in [0.2, 0.25) is 5.91 Å². The minimum Gasteiger partial charge on any atom is -0.469 e. The number of methoxy groups -OCH3 is 1. The fourth-order valence-corrected chi connectivity index (χ4v) is 2.41. The van der Waals surface area contributed by atoms with Gasteiger partial charge in [0.15, 0.2) is 0 Å². The summed E-state index contributed by atoms with van der Waals surface area (Å²) >= 11 is 0. The summed E-state index contributed by atoms with van der Waals surface area (Å²) in [4.78, 5) is 35.6. The third-order valence-corrected chi connectivity index (χ3v) is 3.83. The first-order valence-electron chi connectivity index (χ1n) is 7.99. The van der Waals surface area contributed by atoms with Crippen molar-refractivity contribution in [1.29, 1.82) is 0 Å². The molecule has 1 atom stereocenters. The Morgan fingerprint density at radius 1 is 1.14 bits per heavy atom. The van der Waals surface area contributed by atoms with Gasteiger partial charge in [-0.1, -0.05) is 12.1 Å². The normalized spacial score (nSPS) is 12.3. The first kappa shape index (κ1) is 21.1. The highest BCUT2D eigenvalue weighted by Crippen LogP contribution is 2.28. The third kappa shape index (κ3) is 5.66. The molecule has 0 bridgehead atoms. The van der Waals surface area contributed by atoms with Gasteiger partial charge in [0, 0.05) is 12.3 Å². The SMILES string of the molecule is COC(=O)C[C@H](NC(=O)Cn1cc(C(F)(F)F)ccc1=O)c1ccc(F)cc1. The van der Waals surface area contributed by atoms with E-state index in [0.717, 1.165) is 19.2 Å². The lowest BCUT2D eigenvalue weighted by molar-refractivity contribution is -0.141. The van der Waals surface area contributed by atoms with Crippen molar-refractivity contribution in [2.45, 2.75) is 25.2 Å². The van der Waals surface area contributed by atoms with Crippen molar-refractivity contribution >= 4 is 11.9 Å². The molecule has 0 spiro atoms. The molecule has 10 heteroatoms. The first-order valence-corrected chi connectivity index (χ1v) is 7.99. The Labute approximate surface area is 156 Å². The second-order valence-electron chi connectivity index (χ2n) is 5.83. The molecule has 1 aromatic heterocycles. The van der Waals surface area contributed by atoms with Gasteiger partial charge in [0.25, 0.3) is 5.56 Å². The van der Waals surface area contributed by atoms with Crippen LogP contribution >= 0.6 is 0 Å². The first-order chi connectivity index (χ1) is 13.1. The van der Waals surface area contributed by atoms with E-state index in [1.165, 1.54) is 12.1 Å². The number of pyridine rings is 1. The maximum Gasteiger partial charge on any atom is 0.417 e. The van der Waals surface area contributed by atoms with Crippen LogP contribution in [0.3, 0.4) is 0 Å². The molecule has 1 N–H and O–H groups in total. The predicted molar refractivity (Wildman–Crippen MR) is 89.6 cm³/mol. The number of nitrogens with one attached hydrogen (secondary N) is 1. The molecule has 0 fully saturated rings. The average Bonchev–Trinajstić information content (AvgIpc) is 2.62. The third-order valence-electron chi connectivity index (χ3n) is 3.83. The molecule has 0 radical (unpaired) electrons. The van der Waals surface area contributed by atoms with Gasteiger partial charge >= 0.3 is 12.1 Å². The summed E-state index contributed by atoms with van der Waals surface area (Å²) < 4.78 is 56.6. The Balaban J connectivity index is 2.20. The summed E-state index contributed by atoms with van der Waals surface area (Å²) in [5.41, 5.74) is -1.49. The number of alkyl halides is 3. The molecule has 1 heterocycles. The summed E-state index contributed by atoms with van der Waals surface area (Å²) in [5, 5.41) is 2.45. The molecule has 28 heavy (non-hydrogen) atoms. The van der Waals surface area contributed by atoms with Gasteiger partial charge in [0.05, 0.1) is 25.1 Å². The molecule has 6 nitrogen and oxygen atoms in total. The van der Waals surface area contributed by atoms with E-state index in [1.807, 2.05) is 0 Å². The van der Waals surface area contributed by atoms with Crippen molar-refractivity contribution in [2.24, 2.45) is 0 Å². The lowest BCUT2D eigenvalue weighted by Gasteiger charge is -2.19. The lowest BCUT2D eigenvalue weighted by atomic mass is 10.0. The fourth-order valence-electron chi connectivity index (χ4n) is 2.41. The van der Waals surface area contributed by atoms with E-state index in [1.54, 1.807) is 0 Å². The van der Waals surface area contributed by atoms with E-state index < -0.39 is 47.6 Å². The second kappa shape index (κ2) is 8.68. The Morgan fingerprint density at radius 2 is 1.79 bits per heavy atom. The van der Waals surface area contributed by atoms with Crippen LogP contribution in [0.2, 0.25) is 0 Å². The van der Waals surface area contributed by atoms with Crippen molar-refractivity contribution in [2.75, 3.05) is 7.11 Å². The van der Waals surface area contributed by atoms with E-state index >= 15 is 0 Å². The number of benzene rings is 1. The number of ether oxygens (including phenoxy) is 1. The minimum absolute atomic E-state index is 0.286. The average molecular weight is 400 g/mol. The van der Waals surface area contributed by atoms with Gasteiger partial charge < -0.3 is 14.6 Å². The van der Waals surface area contributed by atoms with Crippen LogP contribution < -0.4 is 10.9 Å². The van der Waals surface area contributed by atoms with Gasteiger partial charge in [-0.05, 0) is 23.8 Å². The molecule has 1 aromatic carbocycles. The summed E-state index contributed by atoms with van der Waals surface area (Å²) in [5.74, 6) is -1.99. The summed E-state index contributed by atoms with van der Waals surface area (Å²) in [6.07, 6.45) is -4.42. The van der Waals surface area contributed by atoms with Crippen LogP contribution in [0.15, 0.2) is 47.4 Å². The van der Waals surface area contributed by atoms with Crippen molar-refractivity contribution in [3.63, 3.8) is 0 Å². The Kier molecular flexibility index (Phi) is 6.55. The quantitative estimate of drug-likeness (QED) is 0.597. The van der Waals surface area contributed by atoms with Gasteiger partial charge in [-0.15, -0.1) is 0 Å². The van der Waals surface area contributed by atoms with E-state index in [4.69, 9.17) is 0 Å². The molecule has 1 amide bonds. The van der Waals surface area contributed by atoms with Crippen molar-refractivity contribution in [3.05, 3.63) is 69.9 Å². The number of esters is 1. The molecule has 2 aromatic rings. The molecule has 0 aliphatic rings. The van der Waals surface area contributed by atoms with Crippen LogP contribution in [-0.4, -0.2) is 23.6 Å². The van der Waals surface area contributed by atoms with Gasteiger partial charge in [-0.25, -0.2) is 4.39 Å². The zero-order valence-electron chi connectivity index (χ0n) is 14.6. The van der Waals surface area contributed by atoms with Crippen molar-refractivity contribution < 1.29 is 31.9 Å². The molecule has 0 unspecified atom stereocenters. The molecular formula is C18H16F4N2O4. The molecule has 0 saturated heterocycles. The molecular weight excluding hydrogens is 384 g/mol. The lowest BCUT2D eigenvalue weighted by Crippen LogP contribution is -2.35. The summed E-state index contributed by atoms with van der Waals surface area (Å²) in [6, 6.07) is 5.37. The van der Waals surface area contributed by atoms with E-state index in [-0.39, 0.29) is 6.42 Å². The number of hydrogen-bond acceptors (Lipinski definition) is 4. The number of amides is 1. The number of halogens is 4. The molecule has 0 aliphatic carbocycles. The molecule has 150 valence electrons. The predicted octanol–water partition coefficient (Wildman–Crippen LogP) is 2.43. The fraction of sp³-hybridized carbons (Fsp3) is 0.278. The van der Waals surface area contributed by atoms with Gasteiger partial charge in [-0.3, -0.25) is 14.4 Å². The summed E-state index contributed by atoms with van der Waals surface area (Å²) in [6.45, 7) is -0.693. The number of hydrogen-bond donors (Lipinski definition) is 1. The second-order valence-corrected chi connectivity index (χ2v) is 5.83. The van der Waals surface area contributed by atoms with Crippen LogP contribution in [0.1, 0.15) is 23.6 Å². The topological polar surface area (TPSA) is 77.4 Å². The number of rotatable bonds is 6. The smallest absolute Gasteiger partial charge is 0.417 e. The standard InChI is InChI=1S/C18H16F4N2O4/c1-28-17(27)8-14(11-2-5-13(19)6-3-11)23-15(25)10-24-9-12(18(20,21)22)4-7-16(24)26/h2-7,9,14H,8,10H2,1H3,(H,23,25)/t14-/m0/s1. The summed E-state index contributed by atoms with van der Waals surface area (Å²) in [7, 11) is 1.15.